The summed E-state index contributed by atoms with van der Waals surface area (Å²) >= 11 is 4.01. The van der Waals surface area contributed by atoms with Crippen molar-refractivity contribution in [2.75, 3.05) is 5.75 Å². The number of benzene rings is 1. The van der Waals surface area contributed by atoms with Crippen molar-refractivity contribution >= 4 is 28.8 Å². The van der Waals surface area contributed by atoms with Crippen LogP contribution in [0.15, 0.2) is 30.8 Å². The van der Waals surface area contributed by atoms with E-state index in [1.54, 1.807) is 6.08 Å². The van der Waals surface area contributed by atoms with Gasteiger partial charge in [0.05, 0.1) is 5.25 Å². The second kappa shape index (κ2) is 6.23. The molecule has 17 heavy (non-hydrogen) atoms. The molecule has 0 saturated carbocycles. The lowest BCUT2D eigenvalue weighted by atomic mass is 10.0. The van der Waals surface area contributed by atoms with E-state index in [1.807, 2.05) is 24.3 Å². The van der Waals surface area contributed by atoms with Crippen LogP contribution in [0.1, 0.15) is 17.5 Å². The summed E-state index contributed by atoms with van der Waals surface area (Å²) in [5, 5.41) is -0.805. The van der Waals surface area contributed by atoms with Gasteiger partial charge in [-0.2, -0.15) is 21.0 Å². The van der Waals surface area contributed by atoms with Gasteiger partial charge in [-0.05, 0) is 29.7 Å². The van der Waals surface area contributed by atoms with Crippen molar-refractivity contribution in [2.45, 2.75) is 18.1 Å². The number of thiol groups is 1. The minimum Gasteiger partial charge on any atom is -0.285 e. The van der Waals surface area contributed by atoms with Crippen molar-refractivity contribution in [2.24, 2.45) is 0 Å². The molecular formula is C12H16O3S2. The van der Waals surface area contributed by atoms with E-state index in [0.29, 0.717) is 12.2 Å². The minimum absolute atomic E-state index is 0.279. The molecule has 0 aromatic heterocycles. The van der Waals surface area contributed by atoms with Crippen molar-refractivity contribution in [3.63, 3.8) is 0 Å². The van der Waals surface area contributed by atoms with Crippen LogP contribution in [-0.4, -0.2) is 24.0 Å². The predicted octanol–water partition coefficient (Wildman–Crippen LogP) is 2.45. The summed E-state index contributed by atoms with van der Waals surface area (Å²) < 4.78 is 31.6. The molecule has 0 aliphatic carbocycles. The van der Waals surface area contributed by atoms with Gasteiger partial charge in [-0.15, -0.1) is 0 Å². The van der Waals surface area contributed by atoms with Crippen LogP contribution in [0.5, 0.6) is 0 Å². The molecule has 0 radical (unpaired) electrons. The summed E-state index contributed by atoms with van der Waals surface area (Å²) in [6.45, 7) is 3.68. The van der Waals surface area contributed by atoms with Crippen LogP contribution in [0.4, 0.5) is 0 Å². The van der Waals surface area contributed by atoms with Crippen molar-refractivity contribution in [3.05, 3.63) is 42.0 Å². The van der Waals surface area contributed by atoms with Crippen LogP contribution >= 0.6 is 12.6 Å². The lowest BCUT2D eigenvalue weighted by Gasteiger charge is -2.14. The molecule has 1 atom stereocenters. The minimum atomic E-state index is -4.03. The van der Waals surface area contributed by atoms with Crippen LogP contribution in [0.3, 0.4) is 0 Å². The first kappa shape index (κ1) is 14.3. The van der Waals surface area contributed by atoms with Crippen LogP contribution in [-0.2, 0) is 16.5 Å². The normalized spacial score (nSPS) is 13.3. The summed E-state index contributed by atoms with van der Waals surface area (Å²) in [7, 11) is -4.03. The summed E-state index contributed by atoms with van der Waals surface area (Å²) in [6.07, 6.45) is 2.28. The molecule has 1 aromatic carbocycles. The average Bonchev–Trinajstić information content (AvgIpc) is 2.28. The summed E-state index contributed by atoms with van der Waals surface area (Å²) in [4.78, 5) is 0. The van der Waals surface area contributed by atoms with E-state index < -0.39 is 15.4 Å². The van der Waals surface area contributed by atoms with Gasteiger partial charge >= 0.3 is 0 Å². The molecule has 1 aromatic rings. The Morgan fingerprint density at radius 3 is 2.59 bits per heavy atom. The van der Waals surface area contributed by atoms with Gasteiger partial charge in [-0.1, -0.05) is 36.9 Å². The third kappa shape index (κ3) is 4.18. The number of hydrogen-bond donors (Lipinski definition) is 2. The Hall–Kier alpha value is -0.780. The Morgan fingerprint density at radius 2 is 2.06 bits per heavy atom. The van der Waals surface area contributed by atoms with Crippen LogP contribution < -0.4 is 0 Å². The fourth-order valence-electron chi connectivity index (χ4n) is 1.66. The van der Waals surface area contributed by atoms with Crippen molar-refractivity contribution in [3.8, 4) is 0 Å². The van der Waals surface area contributed by atoms with Gasteiger partial charge in [0, 0.05) is 0 Å². The summed E-state index contributed by atoms with van der Waals surface area (Å²) in [6, 6.07) is 7.41. The molecule has 0 heterocycles. The molecule has 1 unspecified atom stereocenters. The number of rotatable bonds is 6. The first-order valence-electron chi connectivity index (χ1n) is 5.26. The highest BCUT2D eigenvalue weighted by Crippen LogP contribution is 2.17. The zero-order chi connectivity index (χ0) is 12.9. The molecule has 0 aliphatic heterocycles. The Morgan fingerprint density at radius 1 is 1.41 bits per heavy atom. The molecule has 0 fully saturated rings. The summed E-state index contributed by atoms with van der Waals surface area (Å²) in [5.41, 5.74) is 1.76. The van der Waals surface area contributed by atoms with E-state index in [-0.39, 0.29) is 6.42 Å². The standard InChI is InChI=1S/C12H16O3S2/c1-2-10-5-3-4-6-11(10)9-12(7-8-16)17(13,14)15/h2-6,12,16H,1,7-9H2,(H,13,14,15). The average molecular weight is 272 g/mol. The van der Waals surface area contributed by atoms with Gasteiger partial charge in [0.15, 0.2) is 0 Å². The highest BCUT2D eigenvalue weighted by molar-refractivity contribution is 7.86. The third-order valence-electron chi connectivity index (χ3n) is 2.59. The van der Waals surface area contributed by atoms with Crippen LogP contribution in [0.2, 0.25) is 0 Å². The first-order chi connectivity index (χ1) is 7.99. The fraction of sp³-hybridized carbons (Fsp3) is 0.333. The molecule has 0 saturated heterocycles. The Labute approximate surface area is 108 Å². The van der Waals surface area contributed by atoms with E-state index in [2.05, 4.69) is 19.2 Å². The van der Waals surface area contributed by atoms with Crippen molar-refractivity contribution in [1.82, 2.24) is 0 Å². The van der Waals surface area contributed by atoms with Crippen molar-refractivity contribution < 1.29 is 13.0 Å². The number of hydrogen-bond acceptors (Lipinski definition) is 3. The first-order valence-corrected chi connectivity index (χ1v) is 7.40. The highest BCUT2D eigenvalue weighted by Gasteiger charge is 2.23. The van der Waals surface area contributed by atoms with Gasteiger partial charge in [0.2, 0.25) is 0 Å². The van der Waals surface area contributed by atoms with E-state index in [9.17, 15) is 8.42 Å². The molecule has 0 bridgehead atoms. The van der Waals surface area contributed by atoms with E-state index in [0.717, 1.165) is 11.1 Å². The lowest BCUT2D eigenvalue weighted by molar-refractivity contribution is 0.463. The lowest BCUT2D eigenvalue weighted by Crippen LogP contribution is -2.24. The Kier molecular flexibility index (Phi) is 5.24. The quantitative estimate of drug-likeness (QED) is 0.618. The molecule has 94 valence electrons. The molecule has 3 nitrogen and oxygen atoms in total. The SMILES string of the molecule is C=Cc1ccccc1CC(CCS)S(=O)(=O)O. The zero-order valence-corrected chi connectivity index (χ0v) is 11.1. The van der Waals surface area contributed by atoms with Crippen molar-refractivity contribution in [1.29, 1.82) is 0 Å². The molecular weight excluding hydrogens is 256 g/mol. The largest absolute Gasteiger partial charge is 0.285 e. The summed E-state index contributed by atoms with van der Waals surface area (Å²) in [5.74, 6) is 0.417. The van der Waals surface area contributed by atoms with E-state index in [1.165, 1.54) is 0 Å². The smallest absolute Gasteiger partial charge is 0.268 e. The third-order valence-corrected chi connectivity index (χ3v) is 4.10. The molecule has 5 heteroatoms. The molecule has 0 amide bonds. The highest BCUT2D eigenvalue weighted by atomic mass is 32.2. The molecule has 0 spiro atoms. The van der Waals surface area contributed by atoms with Gasteiger partial charge in [0.1, 0.15) is 0 Å². The second-order valence-corrected chi connectivity index (χ2v) is 5.90. The van der Waals surface area contributed by atoms with E-state index >= 15 is 0 Å². The molecule has 1 rings (SSSR count). The van der Waals surface area contributed by atoms with Gasteiger partial charge in [0.25, 0.3) is 10.1 Å². The van der Waals surface area contributed by atoms with E-state index in [4.69, 9.17) is 4.55 Å². The predicted molar refractivity (Wildman–Crippen MR) is 74.0 cm³/mol. The Bertz CT molecular complexity index is 480. The zero-order valence-electron chi connectivity index (χ0n) is 9.41. The van der Waals surface area contributed by atoms with Gasteiger partial charge in [-0.3, -0.25) is 4.55 Å². The Balaban J connectivity index is 2.97. The monoisotopic (exact) mass is 272 g/mol. The fourth-order valence-corrected chi connectivity index (χ4v) is 2.96. The maximum atomic E-state index is 11.2. The van der Waals surface area contributed by atoms with Crippen LogP contribution in [0, 0.1) is 0 Å². The second-order valence-electron chi connectivity index (χ2n) is 3.76. The molecule has 1 N–H and O–H groups in total. The topological polar surface area (TPSA) is 54.4 Å². The van der Waals surface area contributed by atoms with Gasteiger partial charge in [-0.25, -0.2) is 0 Å². The van der Waals surface area contributed by atoms with Gasteiger partial charge < -0.3 is 0 Å². The maximum absolute atomic E-state index is 11.2. The van der Waals surface area contributed by atoms with Crippen LogP contribution in [0.25, 0.3) is 6.08 Å². The maximum Gasteiger partial charge on any atom is 0.268 e. The molecule has 0 aliphatic rings.